The Kier molecular flexibility index (Phi) is 4.32. The molecule has 0 unspecified atom stereocenters. The number of hydrogen-bond acceptors (Lipinski definition) is 4. The van der Waals surface area contributed by atoms with E-state index in [9.17, 15) is 4.79 Å². The van der Waals surface area contributed by atoms with Gasteiger partial charge in [0.15, 0.2) is 0 Å². The normalized spacial score (nSPS) is 15.3. The van der Waals surface area contributed by atoms with Crippen LogP contribution in [0, 0.1) is 6.92 Å². The summed E-state index contributed by atoms with van der Waals surface area (Å²) in [7, 11) is 0. The summed E-state index contributed by atoms with van der Waals surface area (Å²) in [6.45, 7) is 9.20. The van der Waals surface area contributed by atoms with Crippen LogP contribution in [0.25, 0.3) is 0 Å². The van der Waals surface area contributed by atoms with E-state index in [0.29, 0.717) is 24.7 Å². The number of aromatic amines is 1. The maximum Gasteiger partial charge on any atom is 0.270 e. The summed E-state index contributed by atoms with van der Waals surface area (Å²) < 4.78 is 0. The minimum atomic E-state index is 0.0661. The first-order valence-corrected chi connectivity index (χ1v) is 8.08. The second-order valence-electron chi connectivity index (χ2n) is 6.24. The fraction of sp³-hybridized carbons (Fsp3) is 0.471. The molecule has 0 atom stereocenters. The molecule has 3 heterocycles. The van der Waals surface area contributed by atoms with Crippen LogP contribution in [0.2, 0.25) is 0 Å². The average Bonchev–Trinajstić information content (AvgIpc) is 3.08. The third kappa shape index (κ3) is 3.36. The highest BCUT2D eigenvalue weighted by molar-refractivity contribution is 5.92. The molecule has 0 aliphatic carbocycles. The third-order valence-corrected chi connectivity index (χ3v) is 4.09. The number of aromatic nitrogens is 3. The van der Waals surface area contributed by atoms with E-state index in [1.54, 1.807) is 6.20 Å². The number of carbonyl (C=O) groups is 1. The van der Waals surface area contributed by atoms with Crippen LogP contribution < -0.4 is 4.90 Å². The molecule has 6 nitrogen and oxygen atoms in total. The van der Waals surface area contributed by atoms with E-state index in [0.717, 1.165) is 30.4 Å². The number of nitrogens with one attached hydrogen (secondary N) is 1. The molecule has 0 spiro atoms. The zero-order valence-corrected chi connectivity index (χ0v) is 13.9. The molecule has 3 rings (SSSR count). The van der Waals surface area contributed by atoms with Gasteiger partial charge < -0.3 is 14.8 Å². The molecule has 1 aliphatic heterocycles. The number of hydrogen-bond donors (Lipinski definition) is 1. The van der Waals surface area contributed by atoms with E-state index >= 15 is 0 Å². The third-order valence-electron chi connectivity index (χ3n) is 4.09. The fourth-order valence-electron chi connectivity index (χ4n) is 2.77. The van der Waals surface area contributed by atoms with Gasteiger partial charge in [-0.2, -0.15) is 0 Å². The molecule has 0 radical (unpaired) electrons. The minimum Gasteiger partial charge on any atom is -0.357 e. The molecule has 1 amide bonds. The second-order valence-corrected chi connectivity index (χ2v) is 6.24. The van der Waals surface area contributed by atoms with Gasteiger partial charge >= 0.3 is 0 Å². The molecular formula is C17H23N5O. The summed E-state index contributed by atoms with van der Waals surface area (Å²) in [5, 5.41) is 0. The number of piperazine rings is 1. The van der Waals surface area contributed by atoms with Crippen molar-refractivity contribution in [1.82, 2.24) is 19.9 Å². The quantitative estimate of drug-likeness (QED) is 0.943. The summed E-state index contributed by atoms with van der Waals surface area (Å²) in [6.07, 6.45) is 1.78. The Morgan fingerprint density at radius 2 is 1.96 bits per heavy atom. The number of amides is 1. The van der Waals surface area contributed by atoms with Crippen LogP contribution in [-0.4, -0.2) is 51.9 Å². The second kappa shape index (κ2) is 6.40. The molecule has 0 bridgehead atoms. The topological polar surface area (TPSA) is 65.1 Å². The van der Waals surface area contributed by atoms with Crippen LogP contribution in [-0.2, 0) is 0 Å². The van der Waals surface area contributed by atoms with E-state index < -0.39 is 0 Å². The lowest BCUT2D eigenvalue weighted by molar-refractivity contribution is 0.0741. The Morgan fingerprint density at radius 3 is 2.57 bits per heavy atom. The molecule has 2 aromatic rings. The van der Waals surface area contributed by atoms with Gasteiger partial charge in [-0.3, -0.25) is 4.79 Å². The Balaban J connectivity index is 1.68. The molecule has 1 fully saturated rings. The first-order valence-electron chi connectivity index (χ1n) is 8.08. The smallest absolute Gasteiger partial charge is 0.270 e. The van der Waals surface area contributed by atoms with Crippen molar-refractivity contribution in [3.8, 4) is 0 Å². The first kappa shape index (κ1) is 15.5. The molecule has 1 N–H and O–H groups in total. The molecule has 6 heteroatoms. The van der Waals surface area contributed by atoms with E-state index in [4.69, 9.17) is 0 Å². The highest BCUT2D eigenvalue weighted by Gasteiger charge is 2.23. The molecular weight excluding hydrogens is 290 g/mol. The lowest BCUT2D eigenvalue weighted by atomic mass is 10.2. The monoisotopic (exact) mass is 313 g/mol. The number of rotatable bonds is 3. The SMILES string of the molecule is Cc1cc(N2CCN(C(=O)c3ccc[nH]3)CC2)nc(C(C)C)n1. The van der Waals surface area contributed by atoms with E-state index in [-0.39, 0.29) is 5.91 Å². The number of aryl methyl sites for hydroxylation is 1. The van der Waals surface area contributed by atoms with Gasteiger partial charge in [-0.05, 0) is 19.1 Å². The van der Waals surface area contributed by atoms with Gasteiger partial charge in [0.05, 0.1) is 0 Å². The standard InChI is InChI=1S/C17H23N5O/c1-12(2)16-19-13(3)11-15(20-16)21-7-9-22(10-8-21)17(23)14-5-4-6-18-14/h4-6,11-12,18H,7-10H2,1-3H3. The van der Waals surface area contributed by atoms with Gasteiger partial charge in [-0.15, -0.1) is 0 Å². The average molecular weight is 313 g/mol. The van der Waals surface area contributed by atoms with Gasteiger partial charge in [0.1, 0.15) is 17.3 Å². The van der Waals surface area contributed by atoms with Crippen molar-refractivity contribution in [2.75, 3.05) is 31.1 Å². The molecule has 1 saturated heterocycles. The van der Waals surface area contributed by atoms with Crippen LogP contribution in [0.5, 0.6) is 0 Å². The summed E-state index contributed by atoms with van der Waals surface area (Å²) in [4.78, 5) is 28.6. The Labute approximate surface area is 136 Å². The molecule has 1 aliphatic rings. The van der Waals surface area contributed by atoms with Crippen molar-refractivity contribution in [3.63, 3.8) is 0 Å². The number of H-pyrrole nitrogens is 1. The van der Waals surface area contributed by atoms with Gasteiger partial charge in [0, 0.05) is 50.1 Å². The van der Waals surface area contributed by atoms with Crippen molar-refractivity contribution < 1.29 is 4.79 Å². The summed E-state index contributed by atoms with van der Waals surface area (Å²) in [5.74, 6) is 2.22. The van der Waals surface area contributed by atoms with Crippen LogP contribution >= 0.6 is 0 Å². The Morgan fingerprint density at radius 1 is 1.22 bits per heavy atom. The van der Waals surface area contributed by atoms with Gasteiger partial charge in [-0.1, -0.05) is 13.8 Å². The Bertz CT molecular complexity index is 672. The highest BCUT2D eigenvalue weighted by atomic mass is 16.2. The molecule has 2 aromatic heterocycles. The number of carbonyl (C=O) groups excluding carboxylic acids is 1. The van der Waals surface area contributed by atoms with Crippen molar-refractivity contribution in [1.29, 1.82) is 0 Å². The van der Waals surface area contributed by atoms with Crippen LogP contribution in [0.3, 0.4) is 0 Å². The van der Waals surface area contributed by atoms with Crippen LogP contribution in [0.4, 0.5) is 5.82 Å². The lowest BCUT2D eigenvalue weighted by Crippen LogP contribution is -2.49. The maximum absolute atomic E-state index is 12.4. The maximum atomic E-state index is 12.4. The van der Waals surface area contributed by atoms with Crippen molar-refractivity contribution in [2.24, 2.45) is 0 Å². The Hall–Kier alpha value is -2.37. The largest absolute Gasteiger partial charge is 0.357 e. The van der Waals surface area contributed by atoms with Crippen LogP contribution in [0.15, 0.2) is 24.4 Å². The fourth-order valence-corrected chi connectivity index (χ4v) is 2.77. The lowest BCUT2D eigenvalue weighted by Gasteiger charge is -2.35. The van der Waals surface area contributed by atoms with E-state index in [1.807, 2.05) is 30.0 Å². The molecule has 122 valence electrons. The molecule has 23 heavy (non-hydrogen) atoms. The van der Waals surface area contributed by atoms with Gasteiger partial charge in [0.2, 0.25) is 0 Å². The van der Waals surface area contributed by atoms with Crippen molar-refractivity contribution >= 4 is 11.7 Å². The highest BCUT2D eigenvalue weighted by Crippen LogP contribution is 2.19. The van der Waals surface area contributed by atoms with Crippen LogP contribution in [0.1, 0.15) is 41.8 Å². The molecule has 0 aromatic carbocycles. The van der Waals surface area contributed by atoms with E-state index in [2.05, 4.69) is 33.7 Å². The van der Waals surface area contributed by atoms with Gasteiger partial charge in [-0.25, -0.2) is 9.97 Å². The van der Waals surface area contributed by atoms with Gasteiger partial charge in [0.25, 0.3) is 5.91 Å². The minimum absolute atomic E-state index is 0.0661. The first-order chi connectivity index (χ1) is 11.0. The predicted molar refractivity (Wildman–Crippen MR) is 89.8 cm³/mol. The summed E-state index contributed by atoms with van der Waals surface area (Å²) in [6, 6.07) is 5.69. The van der Waals surface area contributed by atoms with E-state index in [1.165, 1.54) is 0 Å². The zero-order valence-electron chi connectivity index (χ0n) is 13.9. The van der Waals surface area contributed by atoms with Crippen molar-refractivity contribution in [3.05, 3.63) is 41.6 Å². The summed E-state index contributed by atoms with van der Waals surface area (Å²) in [5.41, 5.74) is 1.64. The number of anilines is 1. The van der Waals surface area contributed by atoms with Crippen molar-refractivity contribution in [2.45, 2.75) is 26.7 Å². The summed E-state index contributed by atoms with van der Waals surface area (Å²) >= 11 is 0. The molecule has 0 saturated carbocycles. The zero-order chi connectivity index (χ0) is 16.4. The number of nitrogens with zero attached hydrogens (tertiary/aromatic N) is 4. The predicted octanol–water partition coefficient (Wildman–Crippen LogP) is 2.20.